The topological polar surface area (TPSA) is 148 Å². The molecule has 0 aromatic heterocycles. The number of benzene rings is 2. The van der Waals surface area contributed by atoms with Crippen LogP contribution in [-0.4, -0.2) is 62.3 Å². The van der Waals surface area contributed by atoms with Gasteiger partial charge in [0.15, 0.2) is 0 Å². The third kappa shape index (κ3) is 5.87. The summed E-state index contributed by atoms with van der Waals surface area (Å²) in [5, 5.41) is 15.8. The number of carbonyl (C=O) groups excluding carboxylic acids is 2. The Bertz CT molecular complexity index is 1100. The third-order valence-corrected chi connectivity index (χ3v) is 6.66. The van der Waals surface area contributed by atoms with Crippen LogP contribution in [0.5, 0.6) is 0 Å². The van der Waals surface area contributed by atoms with Crippen LogP contribution in [0.3, 0.4) is 0 Å². The Morgan fingerprint density at radius 2 is 1.75 bits per heavy atom. The van der Waals surface area contributed by atoms with Gasteiger partial charge in [0.2, 0.25) is 15.9 Å². The molecule has 11 nitrogen and oxygen atoms in total. The Labute approximate surface area is 184 Å². The number of sulfonamides is 1. The maximum atomic E-state index is 12.6. The van der Waals surface area contributed by atoms with E-state index < -0.39 is 26.8 Å². The van der Waals surface area contributed by atoms with Crippen LogP contribution >= 0.6 is 0 Å². The highest BCUT2D eigenvalue weighted by Gasteiger charge is 2.26. The van der Waals surface area contributed by atoms with E-state index in [2.05, 4.69) is 10.6 Å². The molecule has 0 saturated carbocycles. The number of amides is 2. The van der Waals surface area contributed by atoms with Crippen molar-refractivity contribution in [2.45, 2.75) is 11.4 Å². The van der Waals surface area contributed by atoms with Crippen molar-refractivity contribution in [3.8, 4) is 0 Å². The summed E-state index contributed by atoms with van der Waals surface area (Å²) in [4.78, 5) is 34.4. The van der Waals surface area contributed by atoms with Crippen molar-refractivity contribution < 1.29 is 27.7 Å². The lowest BCUT2D eigenvalue weighted by Crippen LogP contribution is -2.40. The monoisotopic (exact) mass is 462 g/mol. The number of nitro groups is 1. The molecule has 12 heteroatoms. The largest absolute Gasteiger partial charge is 0.379 e. The second kappa shape index (κ2) is 10.3. The number of carbonyl (C=O) groups is 2. The summed E-state index contributed by atoms with van der Waals surface area (Å²) in [6.07, 6.45) is 0. The Kier molecular flexibility index (Phi) is 7.51. The lowest BCUT2D eigenvalue weighted by atomic mass is 10.2. The molecule has 0 spiro atoms. The predicted octanol–water partition coefficient (Wildman–Crippen LogP) is 0.662. The fourth-order valence-electron chi connectivity index (χ4n) is 3.00. The molecule has 0 bridgehead atoms. The zero-order chi connectivity index (χ0) is 23.1. The third-order valence-electron chi connectivity index (χ3n) is 4.75. The van der Waals surface area contributed by atoms with E-state index in [9.17, 15) is 28.1 Å². The smallest absolute Gasteiger partial charge is 0.270 e. The zero-order valence-electron chi connectivity index (χ0n) is 17.0. The van der Waals surface area contributed by atoms with Gasteiger partial charge in [0, 0.05) is 37.3 Å². The highest BCUT2D eigenvalue weighted by molar-refractivity contribution is 7.89. The minimum absolute atomic E-state index is 0.0732. The van der Waals surface area contributed by atoms with E-state index in [1.54, 1.807) is 12.1 Å². The molecule has 1 saturated heterocycles. The summed E-state index contributed by atoms with van der Waals surface area (Å²) in [6, 6.07) is 11.4. The molecule has 0 radical (unpaired) electrons. The van der Waals surface area contributed by atoms with Crippen LogP contribution in [0.25, 0.3) is 0 Å². The van der Waals surface area contributed by atoms with Gasteiger partial charge in [-0.05, 0) is 23.8 Å². The molecule has 1 fully saturated rings. The van der Waals surface area contributed by atoms with E-state index in [0.717, 1.165) is 6.07 Å². The van der Waals surface area contributed by atoms with Crippen molar-refractivity contribution in [3.63, 3.8) is 0 Å². The first-order valence-electron chi connectivity index (χ1n) is 9.73. The first-order valence-corrected chi connectivity index (χ1v) is 11.2. The van der Waals surface area contributed by atoms with E-state index in [-0.39, 0.29) is 29.2 Å². The van der Waals surface area contributed by atoms with Crippen LogP contribution in [-0.2, 0) is 26.1 Å². The lowest BCUT2D eigenvalue weighted by molar-refractivity contribution is -0.384. The summed E-state index contributed by atoms with van der Waals surface area (Å²) in [7, 11) is -3.59. The van der Waals surface area contributed by atoms with E-state index >= 15 is 0 Å². The molecular weight excluding hydrogens is 440 g/mol. The van der Waals surface area contributed by atoms with Crippen LogP contribution < -0.4 is 10.6 Å². The van der Waals surface area contributed by atoms with Gasteiger partial charge >= 0.3 is 0 Å². The highest BCUT2D eigenvalue weighted by atomic mass is 32.2. The number of non-ortho nitro benzene ring substituents is 1. The molecule has 2 N–H and O–H groups in total. The average molecular weight is 462 g/mol. The maximum absolute atomic E-state index is 12.6. The van der Waals surface area contributed by atoms with Gasteiger partial charge in [0.05, 0.1) is 29.6 Å². The fraction of sp³-hybridized carbons (Fsp3) is 0.300. The second-order valence-corrected chi connectivity index (χ2v) is 8.87. The molecule has 2 amide bonds. The molecule has 0 atom stereocenters. The predicted molar refractivity (Wildman–Crippen MR) is 113 cm³/mol. The molecule has 1 aliphatic heterocycles. The Morgan fingerprint density at radius 3 is 2.41 bits per heavy atom. The SMILES string of the molecule is O=C(CNC(=O)c1cccc([N+](=O)[O-])c1)NCc1ccc(S(=O)(=O)N2CCOCC2)cc1. The number of nitrogens with one attached hydrogen (secondary N) is 2. The van der Waals surface area contributed by atoms with Crippen LogP contribution in [0.15, 0.2) is 53.4 Å². The molecule has 170 valence electrons. The van der Waals surface area contributed by atoms with E-state index in [1.165, 1.54) is 34.6 Å². The van der Waals surface area contributed by atoms with Crippen LogP contribution in [0.1, 0.15) is 15.9 Å². The molecule has 1 aliphatic rings. The highest BCUT2D eigenvalue weighted by Crippen LogP contribution is 2.17. The van der Waals surface area contributed by atoms with Crippen LogP contribution in [0.4, 0.5) is 5.69 Å². The van der Waals surface area contributed by atoms with Gasteiger partial charge in [-0.3, -0.25) is 19.7 Å². The van der Waals surface area contributed by atoms with Crippen molar-refractivity contribution in [1.82, 2.24) is 14.9 Å². The Balaban J connectivity index is 1.49. The van der Waals surface area contributed by atoms with Gasteiger partial charge in [0.1, 0.15) is 0 Å². The number of ether oxygens (including phenoxy) is 1. The van der Waals surface area contributed by atoms with Crippen molar-refractivity contribution in [1.29, 1.82) is 0 Å². The quantitative estimate of drug-likeness (QED) is 0.432. The number of hydrogen-bond donors (Lipinski definition) is 2. The minimum Gasteiger partial charge on any atom is -0.379 e. The van der Waals surface area contributed by atoms with Gasteiger partial charge in [-0.15, -0.1) is 0 Å². The summed E-state index contributed by atoms with van der Waals surface area (Å²) in [5.74, 6) is -1.07. The molecule has 2 aromatic carbocycles. The lowest BCUT2D eigenvalue weighted by Gasteiger charge is -2.26. The molecule has 3 rings (SSSR count). The van der Waals surface area contributed by atoms with Gasteiger partial charge in [-0.1, -0.05) is 18.2 Å². The average Bonchev–Trinajstić information content (AvgIpc) is 2.82. The number of nitro benzene ring substituents is 1. The van der Waals surface area contributed by atoms with Crippen LogP contribution in [0.2, 0.25) is 0 Å². The standard InChI is InChI=1S/C20H22N4O7S/c25-19(14-22-20(26)16-2-1-3-17(12-16)24(27)28)21-13-15-4-6-18(7-5-15)32(29,30)23-8-10-31-11-9-23/h1-7,12H,8-11,13-14H2,(H,21,25)(H,22,26). The summed E-state index contributed by atoms with van der Waals surface area (Å²) in [6.45, 7) is 1.17. The van der Waals surface area contributed by atoms with E-state index in [4.69, 9.17) is 4.74 Å². The molecule has 2 aromatic rings. The molecular formula is C20H22N4O7S. The summed E-state index contributed by atoms with van der Waals surface area (Å²) >= 11 is 0. The molecule has 32 heavy (non-hydrogen) atoms. The molecule has 0 unspecified atom stereocenters. The zero-order valence-corrected chi connectivity index (χ0v) is 17.8. The summed E-state index contributed by atoms with van der Waals surface area (Å²) < 4.78 is 31.8. The number of hydrogen-bond acceptors (Lipinski definition) is 7. The minimum atomic E-state index is -3.59. The van der Waals surface area contributed by atoms with Gasteiger partial charge in [-0.25, -0.2) is 8.42 Å². The van der Waals surface area contributed by atoms with Crippen molar-refractivity contribution in [3.05, 3.63) is 69.8 Å². The first-order chi connectivity index (χ1) is 15.3. The summed E-state index contributed by atoms with van der Waals surface area (Å²) in [5.41, 5.74) is 0.537. The second-order valence-electron chi connectivity index (χ2n) is 6.93. The van der Waals surface area contributed by atoms with Gasteiger partial charge in [0.25, 0.3) is 11.6 Å². The van der Waals surface area contributed by atoms with E-state index in [0.29, 0.717) is 31.9 Å². The number of morpholine rings is 1. The van der Waals surface area contributed by atoms with Gasteiger partial charge in [-0.2, -0.15) is 4.31 Å². The first kappa shape index (κ1) is 23.3. The Hall–Kier alpha value is -3.35. The van der Waals surface area contributed by atoms with Crippen molar-refractivity contribution in [2.24, 2.45) is 0 Å². The van der Waals surface area contributed by atoms with E-state index in [1.807, 2.05) is 0 Å². The number of nitrogens with zero attached hydrogens (tertiary/aromatic N) is 2. The number of rotatable bonds is 8. The van der Waals surface area contributed by atoms with Crippen molar-refractivity contribution in [2.75, 3.05) is 32.8 Å². The normalized spacial score (nSPS) is 14.5. The molecule has 0 aliphatic carbocycles. The molecule has 1 heterocycles. The fourth-order valence-corrected chi connectivity index (χ4v) is 4.41. The van der Waals surface area contributed by atoms with Gasteiger partial charge < -0.3 is 15.4 Å². The van der Waals surface area contributed by atoms with Crippen LogP contribution in [0, 0.1) is 10.1 Å². The maximum Gasteiger partial charge on any atom is 0.270 e. The van der Waals surface area contributed by atoms with Crippen molar-refractivity contribution >= 4 is 27.5 Å². The Morgan fingerprint density at radius 1 is 1.06 bits per heavy atom.